The molecule has 0 amide bonds. The van der Waals surface area contributed by atoms with E-state index in [1.54, 1.807) is 12.1 Å². The topological polar surface area (TPSA) is 80.1 Å². The normalized spacial score (nSPS) is 14.7. The molecule has 3 aromatic carbocycles. The molecule has 1 aliphatic heterocycles. The summed E-state index contributed by atoms with van der Waals surface area (Å²) in [5.41, 5.74) is 6.67. The predicted molar refractivity (Wildman–Crippen MR) is 133 cm³/mol. The van der Waals surface area contributed by atoms with E-state index in [2.05, 4.69) is 39.0 Å². The Morgan fingerprint density at radius 1 is 1.06 bits per heavy atom. The van der Waals surface area contributed by atoms with Crippen molar-refractivity contribution in [2.45, 2.75) is 18.8 Å². The fourth-order valence-electron chi connectivity index (χ4n) is 5.05. The third kappa shape index (κ3) is 3.47. The number of hydrogen-bond donors (Lipinski definition) is 2. The maximum atomic E-state index is 11.5. The highest BCUT2D eigenvalue weighted by Crippen LogP contribution is 2.44. The number of nitrogens with zero attached hydrogens (tertiary/aromatic N) is 2. The van der Waals surface area contributed by atoms with Crippen molar-refractivity contribution < 1.29 is 14.6 Å². The number of aromatic amines is 1. The second-order valence-corrected chi connectivity index (χ2v) is 9.10. The summed E-state index contributed by atoms with van der Waals surface area (Å²) in [6.45, 7) is 1.43. The van der Waals surface area contributed by atoms with Crippen LogP contribution >= 0.6 is 11.6 Å². The van der Waals surface area contributed by atoms with Crippen molar-refractivity contribution in [1.82, 2.24) is 14.8 Å². The molecule has 1 saturated heterocycles. The zero-order chi connectivity index (χ0) is 23.2. The lowest BCUT2D eigenvalue weighted by Gasteiger charge is -2.26. The van der Waals surface area contributed by atoms with Crippen molar-refractivity contribution in [3.05, 3.63) is 83.1 Å². The molecule has 2 N–H and O–H groups in total. The number of carboxylic acids is 1. The number of rotatable bonds is 4. The molecule has 3 heterocycles. The van der Waals surface area contributed by atoms with E-state index in [1.165, 1.54) is 11.3 Å². The molecule has 2 aromatic heterocycles. The number of H-pyrrole nitrogens is 1. The number of aromatic carboxylic acids is 1. The molecule has 5 aromatic rings. The fraction of sp³-hybridized carbons (Fsp3) is 0.185. The number of halogens is 1. The van der Waals surface area contributed by atoms with Crippen LogP contribution < -0.4 is 0 Å². The number of aromatic nitrogens is 3. The van der Waals surface area contributed by atoms with E-state index in [0.29, 0.717) is 10.9 Å². The van der Waals surface area contributed by atoms with Crippen molar-refractivity contribution in [3.8, 4) is 16.8 Å². The van der Waals surface area contributed by atoms with E-state index in [9.17, 15) is 9.90 Å². The summed E-state index contributed by atoms with van der Waals surface area (Å²) in [5, 5.41) is 19.6. The van der Waals surface area contributed by atoms with E-state index >= 15 is 0 Å². The van der Waals surface area contributed by atoms with Gasteiger partial charge in [-0.1, -0.05) is 23.7 Å². The molecule has 0 spiro atoms. The van der Waals surface area contributed by atoms with Gasteiger partial charge in [0.2, 0.25) is 0 Å². The first-order valence-corrected chi connectivity index (χ1v) is 11.7. The number of benzene rings is 3. The highest BCUT2D eigenvalue weighted by atomic mass is 35.5. The third-order valence-electron chi connectivity index (χ3n) is 6.68. The van der Waals surface area contributed by atoms with E-state index in [4.69, 9.17) is 16.3 Å². The molecule has 170 valence electrons. The van der Waals surface area contributed by atoms with Crippen LogP contribution in [0.25, 0.3) is 38.6 Å². The number of fused-ring (bicyclic) bond motifs is 2. The second-order valence-electron chi connectivity index (χ2n) is 8.67. The smallest absolute Gasteiger partial charge is 0.335 e. The first kappa shape index (κ1) is 21.0. The summed E-state index contributed by atoms with van der Waals surface area (Å²) < 4.78 is 7.97. The van der Waals surface area contributed by atoms with Crippen LogP contribution in [-0.4, -0.2) is 39.1 Å². The van der Waals surface area contributed by atoms with Gasteiger partial charge in [-0.15, -0.1) is 0 Å². The summed E-state index contributed by atoms with van der Waals surface area (Å²) in [6, 6.07) is 19.4. The van der Waals surface area contributed by atoms with Crippen LogP contribution in [0.2, 0.25) is 5.02 Å². The SMILES string of the molecule is O=C(O)c1ccc(-n2c(C3CCOCC3)c(-c3ccc(Cl)cc3)c3cc4cn[nH]c4cc32)cc1. The van der Waals surface area contributed by atoms with Gasteiger partial charge in [-0.2, -0.15) is 5.10 Å². The lowest BCUT2D eigenvalue weighted by Crippen LogP contribution is -2.17. The van der Waals surface area contributed by atoms with Gasteiger partial charge in [0.1, 0.15) is 0 Å². The van der Waals surface area contributed by atoms with Crippen LogP contribution in [0.3, 0.4) is 0 Å². The Kier molecular flexibility index (Phi) is 5.12. The van der Waals surface area contributed by atoms with Gasteiger partial charge in [0.25, 0.3) is 0 Å². The van der Waals surface area contributed by atoms with Gasteiger partial charge in [-0.05, 0) is 66.9 Å². The number of carboxylic acid groups (broad SMARTS) is 1. The maximum absolute atomic E-state index is 11.5. The molecule has 1 aliphatic rings. The van der Waals surface area contributed by atoms with Crippen LogP contribution in [0.4, 0.5) is 0 Å². The van der Waals surface area contributed by atoms with Crippen molar-refractivity contribution >= 4 is 39.4 Å². The van der Waals surface area contributed by atoms with Crippen LogP contribution in [0.5, 0.6) is 0 Å². The molecule has 0 saturated carbocycles. The second kappa shape index (κ2) is 8.31. The average molecular weight is 472 g/mol. The molecule has 0 atom stereocenters. The molecule has 6 rings (SSSR count). The van der Waals surface area contributed by atoms with Gasteiger partial charge in [-0.25, -0.2) is 4.79 Å². The fourth-order valence-corrected chi connectivity index (χ4v) is 5.18. The number of hydrogen-bond acceptors (Lipinski definition) is 3. The van der Waals surface area contributed by atoms with Crippen LogP contribution in [-0.2, 0) is 4.74 Å². The largest absolute Gasteiger partial charge is 0.478 e. The Bertz CT molecular complexity index is 1510. The van der Waals surface area contributed by atoms with Gasteiger partial charge in [0, 0.05) is 51.9 Å². The average Bonchev–Trinajstić information content (AvgIpc) is 3.45. The molecule has 1 fully saturated rings. The Hall–Kier alpha value is -3.61. The van der Waals surface area contributed by atoms with Crippen molar-refractivity contribution in [3.63, 3.8) is 0 Å². The Balaban J connectivity index is 1.71. The summed E-state index contributed by atoms with van der Waals surface area (Å²) in [6.07, 6.45) is 3.68. The molecular weight excluding hydrogens is 450 g/mol. The van der Waals surface area contributed by atoms with Gasteiger partial charge in [-0.3, -0.25) is 5.10 Å². The van der Waals surface area contributed by atoms with Crippen molar-refractivity contribution in [1.29, 1.82) is 0 Å². The predicted octanol–water partition coefficient (Wildman–Crippen LogP) is 6.42. The zero-order valence-corrected chi connectivity index (χ0v) is 19.0. The monoisotopic (exact) mass is 471 g/mol. The Labute approximate surface area is 200 Å². The van der Waals surface area contributed by atoms with Gasteiger partial charge >= 0.3 is 5.97 Å². The molecule has 34 heavy (non-hydrogen) atoms. The van der Waals surface area contributed by atoms with Gasteiger partial charge < -0.3 is 14.4 Å². The Morgan fingerprint density at radius 3 is 2.50 bits per heavy atom. The highest BCUT2D eigenvalue weighted by molar-refractivity contribution is 6.30. The minimum atomic E-state index is -0.936. The molecule has 0 aliphatic carbocycles. The Morgan fingerprint density at radius 2 is 1.79 bits per heavy atom. The van der Waals surface area contributed by atoms with E-state index in [0.717, 1.165) is 59.1 Å². The molecule has 0 unspecified atom stereocenters. The summed E-state index contributed by atoms with van der Waals surface area (Å²) in [7, 11) is 0. The van der Waals surface area contributed by atoms with Gasteiger partial charge in [0.05, 0.1) is 22.8 Å². The number of carbonyl (C=O) groups is 1. The third-order valence-corrected chi connectivity index (χ3v) is 6.93. The lowest BCUT2D eigenvalue weighted by atomic mass is 9.90. The minimum Gasteiger partial charge on any atom is -0.478 e. The van der Waals surface area contributed by atoms with E-state index in [-0.39, 0.29) is 5.56 Å². The number of nitrogens with one attached hydrogen (secondary N) is 1. The molecule has 0 bridgehead atoms. The molecule has 0 radical (unpaired) electrons. The first-order valence-electron chi connectivity index (χ1n) is 11.3. The van der Waals surface area contributed by atoms with Gasteiger partial charge in [0.15, 0.2) is 0 Å². The van der Waals surface area contributed by atoms with Crippen LogP contribution in [0, 0.1) is 0 Å². The maximum Gasteiger partial charge on any atom is 0.335 e. The standard InChI is InChI=1S/C27H22ClN3O3/c28-20-5-1-16(2-6-20)25-22-13-19-15-29-30-23(19)14-24(22)31(26(25)17-9-11-34-12-10-17)21-7-3-18(4-8-21)27(32)33/h1-8,13-15,17H,9-12H2,(H,29,30)(H,32,33). The van der Waals surface area contributed by atoms with E-state index in [1.807, 2.05) is 30.5 Å². The zero-order valence-electron chi connectivity index (χ0n) is 18.3. The van der Waals surface area contributed by atoms with Crippen molar-refractivity contribution in [2.24, 2.45) is 0 Å². The van der Waals surface area contributed by atoms with Crippen molar-refractivity contribution in [2.75, 3.05) is 13.2 Å². The van der Waals surface area contributed by atoms with Crippen LogP contribution in [0.15, 0.2) is 66.9 Å². The van der Waals surface area contributed by atoms with Crippen LogP contribution in [0.1, 0.15) is 34.8 Å². The quantitative estimate of drug-likeness (QED) is 0.317. The summed E-state index contributed by atoms with van der Waals surface area (Å²) in [4.78, 5) is 11.5. The molecule has 6 nitrogen and oxygen atoms in total. The minimum absolute atomic E-state index is 0.265. The first-order chi connectivity index (χ1) is 16.6. The number of ether oxygens (including phenoxy) is 1. The molecule has 7 heteroatoms. The lowest BCUT2D eigenvalue weighted by molar-refractivity contribution is 0.0697. The highest BCUT2D eigenvalue weighted by Gasteiger charge is 2.28. The molecular formula is C27H22ClN3O3. The summed E-state index contributed by atoms with van der Waals surface area (Å²) >= 11 is 6.23. The summed E-state index contributed by atoms with van der Waals surface area (Å²) in [5.74, 6) is -0.642. The van der Waals surface area contributed by atoms with E-state index < -0.39 is 5.97 Å².